The Morgan fingerprint density at radius 2 is 1.94 bits per heavy atom. The summed E-state index contributed by atoms with van der Waals surface area (Å²) in [4.78, 5) is 0. The predicted molar refractivity (Wildman–Crippen MR) is 73.3 cm³/mol. The Balaban J connectivity index is 2.55. The predicted octanol–water partition coefficient (Wildman–Crippen LogP) is 2.85. The van der Waals surface area contributed by atoms with Crippen molar-refractivity contribution >= 4 is 0 Å². The zero-order valence-electron chi connectivity index (χ0n) is 11.5. The highest BCUT2D eigenvalue weighted by atomic mass is 16.5. The topological polar surface area (TPSA) is 35.2 Å². The van der Waals surface area contributed by atoms with Crippen LogP contribution < -0.4 is 5.73 Å². The van der Waals surface area contributed by atoms with Crippen molar-refractivity contribution in [1.82, 2.24) is 0 Å². The van der Waals surface area contributed by atoms with Crippen LogP contribution in [0, 0.1) is 19.8 Å². The average molecular weight is 235 g/mol. The van der Waals surface area contributed by atoms with E-state index in [9.17, 15) is 0 Å². The van der Waals surface area contributed by atoms with Gasteiger partial charge >= 0.3 is 0 Å². The number of aryl methyl sites for hydroxylation is 2. The number of hydrogen-bond donors (Lipinski definition) is 1. The van der Waals surface area contributed by atoms with E-state index < -0.39 is 0 Å². The molecule has 0 aliphatic heterocycles. The lowest BCUT2D eigenvalue weighted by molar-refractivity contribution is 0.174. The molecular weight excluding hydrogens is 210 g/mol. The van der Waals surface area contributed by atoms with Gasteiger partial charge in [0.15, 0.2) is 0 Å². The Kier molecular flexibility index (Phi) is 5.66. The van der Waals surface area contributed by atoms with Crippen molar-refractivity contribution in [3.05, 3.63) is 34.9 Å². The van der Waals surface area contributed by atoms with E-state index >= 15 is 0 Å². The zero-order chi connectivity index (χ0) is 12.8. The fraction of sp³-hybridized carbons (Fsp3) is 0.600. The van der Waals surface area contributed by atoms with Crippen molar-refractivity contribution < 1.29 is 4.74 Å². The van der Waals surface area contributed by atoms with E-state index in [0.29, 0.717) is 5.92 Å². The third-order valence-electron chi connectivity index (χ3n) is 3.55. The van der Waals surface area contributed by atoms with Crippen LogP contribution in [0.3, 0.4) is 0 Å². The van der Waals surface area contributed by atoms with Crippen LogP contribution in [0.5, 0.6) is 0 Å². The van der Waals surface area contributed by atoms with Crippen molar-refractivity contribution in [1.29, 1.82) is 0 Å². The Morgan fingerprint density at radius 3 is 2.53 bits per heavy atom. The summed E-state index contributed by atoms with van der Waals surface area (Å²) in [5.41, 5.74) is 10.2. The molecule has 0 fully saturated rings. The number of ether oxygens (including phenoxy) is 1. The van der Waals surface area contributed by atoms with E-state index in [-0.39, 0.29) is 6.04 Å². The third-order valence-corrected chi connectivity index (χ3v) is 3.55. The van der Waals surface area contributed by atoms with E-state index in [0.717, 1.165) is 19.4 Å². The molecule has 0 saturated heterocycles. The van der Waals surface area contributed by atoms with E-state index in [1.807, 2.05) is 0 Å². The molecule has 1 aromatic carbocycles. The number of rotatable bonds is 6. The first-order chi connectivity index (χ1) is 8.04. The van der Waals surface area contributed by atoms with Gasteiger partial charge < -0.3 is 10.5 Å². The summed E-state index contributed by atoms with van der Waals surface area (Å²) >= 11 is 0. The zero-order valence-corrected chi connectivity index (χ0v) is 11.5. The molecule has 0 bridgehead atoms. The molecule has 0 amide bonds. The van der Waals surface area contributed by atoms with Gasteiger partial charge in [0.25, 0.3) is 0 Å². The highest BCUT2D eigenvalue weighted by Gasteiger charge is 2.13. The molecule has 2 unspecified atom stereocenters. The molecule has 0 saturated carbocycles. The molecule has 2 atom stereocenters. The minimum Gasteiger partial charge on any atom is -0.385 e. The Morgan fingerprint density at radius 1 is 1.24 bits per heavy atom. The second-order valence-electron chi connectivity index (χ2n) is 5.05. The maximum Gasteiger partial charge on any atom is 0.0465 e. The first-order valence-electron chi connectivity index (χ1n) is 6.35. The minimum absolute atomic E-state index is 0.215. The molecular formula is C15H25NO. The van der Waals surface area contributed by atoms with Crippen molar-refractivity contribution in [2.24, 2.45) is 11.7 Å². The summed E-state index contributed by atoms with van der Waals surface area (Å²) < 4.78 is 5.09. The molecule has 0 aliphatic carbocycles. The number of methoxy groups -OCH3 is 1. The van der Waals surface area contributed by atoms with Gasteiger partial charge in [-0.1, -0.05) is 25.1 Å². The van der Waals surface area contributed by atoms with Gasteiger partial charge in [-0.3, -0.25) is 0 Å². The quantitative estimate of drug-likeness (QED) is 0.823. The van der Waals surface area contributed by atoms with Crippen LogP contribution in [0.4, 0.5) is 0 Å². The van der Waals surface area contributed by atoms with Crippen molar-refractivity contribution in [2.75, 3.05) is 13.7 Å². The molecule has 2 nitrogen and oxygen atoms in total. The molecule has 0 radical (unpaired) electrons. The van der Waals surface area contributed by atoms with Crippen LogP contribution in [0.25, 0.3) is 0 Å². The van der Waals surface area contributed by atoms with Crippen molar-refractivity contribution in [3.8, 4) is 0 Å². The lowest BCUT2D eigenvalue weighted by atomic mass is 9.92. The van der Waals surface area contributed by atoms with Crippen LogP contribution in [0.2, 0.25) is 0 Å². The molecule has 0 aromatic heterocycles. The molecule has 2 heteroatoms. The monoisotopic (exact) mass is 235 g/mol. The average Bonchev–Trinajstić information content (AvgIpc) is 2.30. The van der Waals surface area contributed by atoms with Crippen molar-refractivity contribution in [3.63, 3.8) is 0 Å². The largest absolute Gasteiger partial charge is 0.385 e. The molecule has 0 aliphatic rings. The second kappa shape index (κ2) is 6.77. The summed E-state index contributed by atoms with van der Waals surface area (Å²) in [6.07, 6.45) is 1.98. The fourth-order valence-electron chi connectivity index (χ4n) is 1.92. The molecule has 2 N–H and O–H groups in total. The summed E-state index contributed by atoms with van der Waals surface area (Å²) in [5.74, 6) is 0.497. The third kappa shape index (κ3) is 4.49. The van der Waals surface area contributed by atoms with Gasteiger partial charge in [0.1, 0.15) is 0 Å². The molecule has 1 rings (SSSR count). The highest BCUT2D eigenvalue weighted by molar-refractivity contribution is 5.30. The molecule has 0 spiro atoms. The van der Waals surface area contributed by atoms with E-state index in [4.69, 9.17) is 10.5 Å². The summed E-state index contributed by atoms with van der Waals surface area (Å²) in [5, 5.41) is 0. The summed E-state index contributed by atoms with van der Waals surface area (Å²) in [7, 11) is 1.74. The Labute approximate surface area is 105 Å². The second-order valence-corrected chi connectivity index (χ2v) is 5.05. The van der Waals surface area contributed by atoms with E-state index in [1.54, 1.807) is 7.11 Å². The highest BCUT2D eigenvalue weighted by Crippen LogP contribution is 2.15. The van der Waals surface area contributed by atoms with Gasteiger partial charge in [-0.2, -0.15) is 0 Å². The van der Waals surface area contributed by atoms with Crippen LogP contribution in [0.15, 0.2) is 18.2 Å². The smallest absolute Gasteiger partial charge is 0.0465 e. The van der Waals surface area contributed by atoms with Gasteiger partial charge in [0, 0.05) is 19.8 Å². The number of hydrogen-bond acceptors (Lipinski definition) is 2. The molecule has 0 heterocycles. The SMILES string of the molecule is COCCC(C)C(N)Cc1ccc(C)c(C)c1. The Bertz CT molecular complexity index is 349. The number of benzene rings is 1. The van der Waals surface area contributed by atoms with Crippen molar-refractivity contribution in [2.45, 2.75) is 39.7 Å². The Hall–Kier alpha value is -0.860. The standard InChI is InChI=1S/C15H25NO/c1-11-5-6-14(9-13(11)3)10-15(16)12(2)7-8-17-4/h5-6,9,12,15H,7-8,10,16H2,1-4H3. The molecule has 17 heavy (non-hydrogen) atoms. The van der Waals surface area contributed by atoms with Gasteiger partial charge in [0.05, 0.1) is 0 Å². The van der Waals surface area contributed by atoms with Gasteiger partial charge in [-0.15, -0.1) is 0 Å². The maximum absolute atomic E-state index is 6.22. The van der Waals surface area contributed by atoms with Crippen LogP contribution in [-0.4, -0.2) is 19.8 Å². The lowest BCUT2D eigenvalue weighted by Gasteiger charge is -2.20. The molecule has 96 valence electrons. The van der Waals surface area contributed by atoms with Crippen LogP contribution in [-0.2, 0) is 11.2 Å². The van der Waals surface area contributed by atoms with Gasteiger partial charge in [-0.05, 0) is 49.3 Å². The normalized spacial score (nSPS) is 14.6. The summed E-state index contributed by atoms with van der Waals surface area (Å²) in [6.45, 7) is 7.28. The van der Waals surface area contributed by atoms with Crippen LogP contribution in [0.1, 0.15) is 30.0 Å². The van der Waals surface area contributed by atoms with Gasteiger partial charge in [0.2, 0.25) is 0 Å². The summed E-state index contributed by atoms with van der Waals surface area (Å²) in [6, 6.07) is 6.83. The minimum atomic E-state index is 0.215. The van der Waals surface area contributed by atoms with Gasteiger partial charge in [-0.25, -0.2) is 0 Å². The lowest BCUT2D eigenvalue weighted by Crippen LogP contribution is -2.31. The molecule has 1 aromatic rings. The van der Waals surface area contributed by atoms with E-state index in [2.05, 4.69) is 39.0 Å². The van der Waals surface area contributed by atoms with Crippen LogP contribution >= 0.6 is 0 Å². The maximum atomic E-state index is 6.22. The first kappa shape index (κ1) is 14.2. The first-order valence-corrected chi connectivity index (χ1v) is 6.35. The van der Waals surface area contributed by atoms with E-state index in [1.165, 1.54) is 16.7 Å². The fourth-order valence-corrected chi connectivity index (χ4v) is 1.92. The number of nitrogens with two attached hydrogens (primary N) is 1.